The van der Waals surface area contributed by atoms with Crippen molar-refractivity contribution in [1.29, 1.82) is 0 Å². The number of rotatable bonds is 5. The molecule has 100 valence electrons. The number of hydrogen-bond acceptors (Lipinski definition) is 4. The molecule has 0 aliphatic carbocycles. The van der Waals surface area contributed by atoms with Crippen LogP contribution < -0.4 is 4.90 Å². The Morgan fingerprint density at radius 1 is 1.16 bits per heavy atom. The lowest BCUT2D eigenvalue weighted by molar-refractivity contribution is -0.137. The molecule has 0 aromatic heterocycles. The molecular formula is C15H17NO3. The van der Waals surface area contributed by atoms with E-state index in [1.807, 2.05) is 30.3 Å². The van der Waals surface area contributed by atoms with Crippen molar-refractivity contribution in [3.8, 4) is 0 Å². The molecule has 0 unspecified atom stereocenters. The van der Waals surface area contributed by atoms with E-state index in [0.29, 0.717) is 5.88 Å². The van der Waals surface area contributed by atoms with Gasteiger partial charge in [0.05, 0.1) is 0 Å². The van der Waals surface area contributed by atoms with Gasteiger partial charge < -0.3 is 9.64 Å². The molecule has 4 nitrogen and oxygen atoms in total. The van der Waals surface area contributed by atoms with E-state index in [-0.39, 0.29) is 5.78 Å². The van der Waals surface area contributed by atoms with E-state index in [4.69, 9.17) is 4.74 Å². The van der Waals surface area contributed by atoms with Crippen molar-refractivity contribution >= 4 is 17.4 Å². The van der Waals surface area contributed by atoms with Crippen LogP contribution in [0.15, 0.2) is 54.4 Å². The van der Waals surface area contributed by atoms with Gasteiger partial charge in [0.15, 0.2) is 5.78 Å². The lowest BCUT2D eigenvalue weighted by atomic mass is 10.3. The van der Waals surface area contributed by atoms with Crippen molar-refractivity contribution < 1.29 is 14.3 Å². The van der Waals surface area contributed by atoms with Crippen molar-refractivity contribution in [2.24, 2.45) is 0 Å². The molecule has 1 rings (SSSR count). The number of allylic oxidation sites excluding steroid dienone is 3. The molecule has 0 aliphatic rings. The average Bonchev–Trinajstić information content (AvgIpc) is 2.37. The van der Waals surface area contributed by atoms with Gasteiger partial charge >= 0.3 is 5.97 Å². The maximum Gasteiger partial charge on any atom is 0.309 e. The Bertz CT molecular complexity index is 503. The molecule has 1 aromatic rings. The first-order valence-corrected chi connectivity index (χ1v) is 5.87. The minimum atomic E-state index is -0.412. The summed E-state index contributed by atoms with van der Waals surface area (Å²) in [5.41, 5.74) is 0.881. The highest BCUT2D eigenvalue weighted by Gasteiger charge is 2.09. The lowest BCUT2D eigenvalue weighted by Gasteiger charge is -2.21. The number of hydrogen-bond donors (Lipinski definition) is 0. The van der Waals surface area contributed by atoms with Gasteiger partial charge in [0.25, 0.3) is 0 Å². The number of ether oxygens (including phenoxy) is 1. The highest BCUT2D eigenvalue weighted by molar-refractivity contribution is 5.87. The van der Waals surface area contributed by atoms with Gasteiger partial charge in [0, 0.05) is 19.7 Å². The fourth-order valence-corrected chi connectivity index (χ4v) is 1.41. The first kappa shape index (κ1) is 14.7. The van der Waals surface area contributed by atoms with Crippen molar-refractivity contribution in [2.75, 3.05) is 11.9 Å². The molecule has 0 amide bonds. The number of benzene rings is 1. The van der Waals surface area contributed by atoms with Gasteiger partial charge in [0.1, 0.15) is 0 Å². The smallest absolute Gasteiger partial charge is 0.309 e. The van der Waals surface area contributed by atoms with E-state index < -0.39 is 5.97 Å². The maximum atomic E-state index is 11.1. The van der Waals surface area contributed by atoms with Crippen LogP contribution in [-0.2, 0) is 14.3 Å². The average molecular weight is 259 g/mol. The molecule has 0 heterocycles. The fraction of sp³-hybridized carbons (Fsp3) is 0.200. The first-order chi connectivity index (χ1) is 9.00. The van der Waals surface area contributed by atoms with E-state index >= 15 is 0 Å². The highest BCUT2D eigenvalue weighted by atomic mass is 16.5. The topological polar surface area (TPSA) is 46.6 Å². The predicted molar refractivity (Wildman–Crippen MR) is 74.5 cm³/mol. The second kappa shape index (κ2) is 7.16. The van der Waals surface area contributed by atoms with Gasteiger partial charge in [-0.25, -0.2) is 0 Å². The summed E-state index contributed by atoms with van der Waals surface area (Å²) in [4.78, 5) is 23.7. The summed E-state index contributed by atoms with van der Waals surface area (Å²) in [7, 11) is 1.78. The van der Waals surface area contributed by atoms with E-state index in [2.05, 4.69) is 0 Å². The van der Waals surface area contributed by atoms with Crippen molar-refractivity contribution in [3.05, 3.63) is 54.4 Å². The molecular weight excluding hydrogens is 242 g/mol. The van der Waals surface area contributed by atoms with Gasteiger partial charge in [0.2, 0.25) is 5.88 Å². The lowest BCUT2D eigenvalue weighted by Crippen LogP contribution is -2.20. The van der Waals surface area contributed by atoms with Crippen LogP contribution in [-0.4, -0.2) is 18.8 Å². The first-order valence-electron chi connectivity index (χ1n) is 5.87. The van der Waals surface area contributed by atoms with Crippen molar-refractivity contribution in [1.82, 2.24) is 0 Å². The van der Waals surface area contributed by atoms with Crippen LogP contribution >= 0.6 is 0 Å². The van der Waals surface area contributed by atoms with E-state index in [9.17, 15) is 9.59 Å². The van der Waals surface area contributed by atoms with Crippen molar-refractivity contribution in [2.45, 2.75) is 13.8 Å². The zero-order valence-electron chi connectivity index (χ0n) is 11.3. The molecule has 0 N–H and O–H groups in total. The number of anilines is 1. The number of para-hydroxylation sites is 1. The van der Waals surface area contributed by atoms with Gasteiger partial charge in [-0.05, 0) is 31.2 Å². The molecule has 0 bridgehead atoms. The number of carbonyl (C=O) groups is 2. The molecule has 0 atom stereocenters. The summed E-state index contributed by atoms with van der Waals surface area (Å²) < 4.78 is 5.13. The largest absolute Gasteiger partial charge is 0.409 e. The van der Waals surface area contributed by atoms with Gasteiger partial charge in [-0.1, -0.05) is 24.3 Å². The molecule has 0 aliphatic heterocycles. The van der Waals surface area contributed by atoms with Gasteiger partial charge in [-0.3, -0.25) is 9.59 Å². The van der Waals surface area contributed by atoms with Gasteiger partial charge in [-0.15, -0.1) is 0 Å². The summed E-state index contributed by atoms with van der Waals surface area (Å²) in [5.74, 6) is -0.123. The number of ketones is 1. The standard InChI is InChI=1S/C15H17NO3/c1-12(17)8-7-11-15(19-13(2)18)16(3)14-9-5-4-6-10-14/h4-11H,1-3H3/b8-7-,15-11-. The SMILES string of the molecule is CC(=O)/C=C\C=C(/OC(C)=O)N(C)c1ccccc1. The monoisotopic (exact) mass is 259 g/mol. The van der Waals surface area contributed by atoms with Crippen LogP contribution in [0.2, 0.25) is 0 Å². The third-order valence-corrected chi connectivity index (χ3v) is 2.29. The molecule has 0 saturated heterocycles. The minimum Gasteiger partial charge on any atom is -0.409 e. The van der Waals surface area contributed by atoms with Crippen LogP contribution in [0, 0.1) is 0 Å². The molecule has 0 spiro atoms. The number of nitrogens with zero attached hydrogens (tertiary/aromatic N) is 1. The quantitative estimate of drug-likeness (QED) is 0.353. The van der Waals surface area contributed by atoms with E-state index in [0.717, 1.165) is 5.69 Å². The Labute approximate surface area is 113 Å². The molecule has 19 heavy (non-hydrogen) atoms. The van der Waals surface area contributed by atoms with Crippen LogP contribution in [0.25, 0.3) is 0 Å². The summed E-state index contributed by atoms with van der Waals surface area (Å²) in [6.07, 6.45) is 4.54. The summed E-state index contributed by atoms with van der Waals surface area (Å²) in [6, 6.07) is 9.48. The molecule has 4 heteroatoms. The normalized spacial score (nSPS) is 11.4. The van der Waals surface area contributed by atoms with E-state index in [1.165, 1.54) is 19.9 Å². The third-order valence-electron chi connectivity index (χ3n) is 2.29. The fourth-order valence-electron chi connectivity index (χ4n) is 1.41. The number of esters is 1. The number of carbonyl (C=O) groups excluding carboxylic acids is 2. The second-order valence-electron chi connectivity index (χ2n) is 3.96. The zero-order valence-corrected chi connectivity index (χ0v) is 11.3. The van der Waals surface area contributed by atoms with Crippen molar-refractivity contribution in [3.63, 3.8) is 0 Å². The van der Waals surface area contributed by atoms with Crippen LogP contribution in [0.4, 0.5) is 5.69 Å². The third kappa shape index (κ3) is 5.21. The molecule has 0 fully saturated rings. The highest BCUT2D eigenvalue weighted by Crippen LogP contribution is 2.17. The zero-order chi connectivity index (χ0) is 14.3. The Morgan fingerprint density at radius 2 is 1.79 bits per heavy atom. The van der Waals surface area contributed by atoms with Crippen LogP contribution in [0.3, 0.4) is 0 Å². The molecule has 0 saturated carbocycles. The van der Waals surface area contributed by atoms with E-state index in [1.54, 1.807) is 24.1 Å². The Kier molecular flexibility index (Phi) is 5.54. The predicted octanol–water partition coefficient (Wildman–Crippen LogP) is 2.67. The molecule has 0 radical (unpaired) electrons. The van der Waals surface area contributed by atoms with Gasteiger partial charge in [-0.2, -0.15) is 0 Å². The van der Waals surface area contributed by atoms with Crippen LogP contribution in [0.5, 0.6) is 0 Å². The Morgan fingerprint density at radius 3 is 2.32 bits per heavy atom. The minimum absolute atomic E-state index is 0.0687. The summed E-state index contributed by atoms with van der Waals surface area (Å²) in [6.45, 7) is 2.79. The Hall–Kier alpha value is -2.36. The Balaban J connectivity index is 2.96. The maximum absolute atomic E-state index is 11.1. The molecule has 1 aromatic carbocycles. The van der Waals surface area contributed by atoms with Crippen LogP contribution in [0.1, 0.15) is 13.8 Å². The summed E-state index contributed by atoms with van der Waals surface area (Å²) in [5, 5.41) is 0. The summed E-state index contributed by atoms with van der Waals surface area (Å²) >= 11 is 0. The second-order valence-corrected chi connectivity index (χ2v) is 3.96.